The van der Waals surface area contributed by atoms with E-state index in [1.54, 1.807) is 6.07 Å². The fraction of sp³-hybridized carbons (Fsp3) is 0.667. The van der Waals surface area contributed by atoms with Crippen LogP contribution < -0.4 is 10.6 Å². The number of amides is 2. The zero-order chi connectivity index (χ0) is 19.1. The molecule has 0 unspecified atom stereocenters. The van der Waals surface area contributed by atoms with E-state index in [0.29, 0.717) is 23.0 Å². The van der Waals surface area contributed by atoms with Crippen LogP contribution in [0.25, 0.3) is 0 Å². The minimum atomic E-state index is -0.0504. The molecule has 4 aliphatic carbocycles. The van der Waals surface area contributed by atoms with Crippen LogP contribution in [0.1, 0.15) is 72.1 Å². The fourth-order valence-electron chi connectivity index (χ4n) is 6.71. The molecule has 2 amide bonds. The summed E-state index contributed by atoms with van der Waals surface area (Å²) in [4.78, 5) is 25.2. The summed E-state index contributed by atoms with van der Waals surface area (Å²) >= 11 is 0. The van der Waals surface area contributed by atoms with E-state index in [2.05, 4.69) is 10.6 Å². The molecular weight excluding hydrogens is 348 g/mol. The number of hydrogen-bond acceptors (Lipinski definition) is 2. The maximum atomic E-state index is 12.6. The van der Waals surface area contributed by atoms with Crippen molar-refractivity contribution in [2.24, 2.45) is 35.5 Å². The van der Waals surface area contributed by atoms with Crippen LogP contribution >= 0.6 is 0 Å². The number of carbonyl (C=O) groups is 2. The van der Waals surface area contributed by atoms with Gasteiger partial charge in [0.2, 0.25) is 0 Å². The van der Waals surface area contributed by atoms with E-state index in [9.17, 15) is 9.59 Å². The highest BCUT2D eigenvalue weighted by Gasteiger charge is 2.40. The maximum absolute atomic E-state index is 12.6. The van der Waals surface area contributed by atoms with E-state index in [-0.39, 0.29) is 11.8 Å². The van der Waals surface area contributed by atoms with Gasteiger partial charge in [-0.05, 0) is 92.2 Å². The van der Waals surface area contributed by atoms with Crippen molar-refractivity contribution in [3.63, 3.8) is 0 Å². The summed E-state index contributed by atoms with van der Waals surface area (Å²) in [6.07, 6.45) is 10.7. The zero-order valence-electron chi connectivity index (χ0n) is 16.7. The van der Waals surface area contributed by atoms with E-state index in [4.69, 9.17) is 0 Å². The highest BCUT2D eigenvalue weighted by molar-refractivity contribution is 5.99. The predicted octanol–water partition coefficient (Wildman–Crippen LogP) is 4.02. The Balaban J connectivity index is 1.14. The molecule has 0 aromatic heterocycles. The van der Waals surface area contributed by atoms with Crippen molar-refractivity contribution in [2.45, 2.75) is 51.4 Å². The van der Waals surface area contributed by atoms with Crippen molar-refractivity contribution < 1.29 is 9.59 Å². The molecule has 0 heterocycles. The van der Waals surface area contributed by atoms with Crippen molar-refractivity contribution in [2.75, 3.05) is 13.1 Å². The second kappa shape index (κ2) is 7.53. The first-order chi connectivity index (χ1) is 13.7. The summed E-state index contributed by atoms with van der Waals surface area (Å²) in [5.41, 5.74) is 1.19. The summed E-state index contributed by atoms with van der Waals surface area (Å²) in [5, 5.41) is 6.23. The van der Waals surface area contributed by atoms with Gasteiger partial charge in [-0.15, -0.1) is 0 Å². The number of carbonyl (C=O) groups excluding carboxylic acids is 2. The van der Waals surface area contributed by atoms with Gasteiger partial charge in [-0.1, -0.05) is 18.9 Å². The second-order valence-electron chi connectivity index (χ2n) is 9.87. The molecule has 5 rings (SSSR count). The van der Waals surface area contributed by atoms with E-state index < -0.39 is 0 Å². The number of hydrogen-bond donors (Lipinski definition) is 2. The Morgan fingerprint density at radius 2 is 1.25 bits per heavy atom. The second-order valence-corrected chi connectivity index (χ2v) is 9.87. The van der Waals surface area contributed by atoms with Gasteiger partial charge in [0, 0.05) is 24.2 Å². The van der Waals surface area contributed by atoms with Crippen molar-refractivity contribution in [3.8, 4) is 0 Å². The molecule has 4 aliphatic rings. The molecule has 4 bridgehead atoms. The molecule has 6 atom stereocenters. The summed E-state index contributed by atoms with van der Waals surface area (Å²) in [5.74, 6) is 4.62. The lowest BCUT2D eigenvalue weighted by atomic mass is 9.89. The Hall–Kier alpha value is -1.84. The monoisotopic (exact) mass is 380 g/mol. The van der Waals surface area contributed by atoms with Gasteiger partial charge in [0.05, 0.1) is 0 Å². The summed E-state index contributed by atoms with van der Waals surface area (Å²) in [7, 11) is 0. The predicted molar refractivity (Wildman–Crippen MR) is 109 cm³/mol. The third-order valence-corrected chi connectivity index (χ3v) is 8.21. The first-order valence-corrected chi connectivity index (χ1v) is 11.3. The Bertz CT molecular complexity index is 701. The smallest absolute Gasteiger partial charge is 0.251 e. The fourth-order valence-corrected chi connectivity index (χ4v) is 6.71. The summed E-state index contributed by atoms with van der Waals surface area (Å²) in [6.45, 7) is 1.56. The van der Waals surface area contributed by atoms with Gasteiger partial charge in [0.25, 0.3) is 11.8 Å². The molecule has 0 saturated heterocycles. The number of benzene rings is 1. The van der Waals surface area contributed by atoms with E-state index >= 15 is 0 Å². The van der Waals surface area contributed by atoms with E-state index in [1.165, 1.54) is 51.4 Å². The average molecular weight is 381 g/mol. The number of rotatable bonds is 6. The molecular formula is C24H32N2O2. The number of fused-ring (bicyclic) bond motifs is 4. The largest absolute Gasteiger partial charge is 0.352 e. The van der Waals surface area contributed by atoms with Gasteiger partial charge >= 0.3 is 0 Å². The molecule has 4 heteroatoms. The van der Waals surface area contributed by atoms with Crippen LogP contribution in [0.5, 0.6) is 0 Å². The van der Waals surface area contributed by atoms with Gasteiger partial charge in [-0.25, -0.2) is 0 Å². The molecule has 2 N–H and O–H groups in total. The van der Waals surface area contributed by atoms with Crippen LogP contribution in [-0.2, 0) is 0 Å². The Labute approximate surface area is 167 Å². The standard InChI is InChI=1S/C24H32N2O2/c27-23(25-13-21-10-15-4-6-17(21)8-15)19-2-1-3-20(12-19)24(28)26-14-22-11-16-5-7-18(22)9-16/h1-3,12,15-18,21-22H,4-11,13-14H2,(H,25,27)(H,26,28)/t15-,16-,17-,18-,21-,22+/m0/s1. The SMILES string of the molecule is O=C(NC[C@@H]1C[C@H]2CC[C@H]1C2)c1cccc(C(=O)NC[C@H]2C[C@H]3CC[C@H]2C3)c1. The molecule has 1 aromatic carbocycles. The zero-order valence-corrected chi connectivity index (χ0v) is 16.7. The number of nitrogens with one attached hydrogen (secondary N) is 2. The molecule has 4 fully saturated rings. The summed E-state index contributed by atoms with van der Waals surface area (Å²) < 4.78 is 0. The van der Waals surface area contributed by atoms with Crippen LogP contribution in [-0.4, -0.2) is 24.9 Å². The lowest BCUT2D eigenvalue weighted by Gasteiger charge is -2.22. The van der Waals surface area contributed by atoms with Crippen LogP contribution in [0.3, 0.4) is 0 Å². The van der Waals surface area contributed by atoms with Crippen molar-refractivity contribution in [1.82, 2.24) is 10.6 Å². The third kappa shape index (κ3) is 3.58. The minimum Gasteiger partial charge on any atom is -0.352 e. The topological polar surface area (TPSA) is 58.2 Å². The molecule has 4 nitrogen and oxygen atoms in total. The van der Waals surface area contributed by atoms with Gasteiger partial charge in [0.15, 0.2) is 0 Å². The molecule has 1 aromatic rings. The van der Waals surface area contributed by atoms with E-state index in [1.807, 2.05) is 18.2 Å². The highest BCUT2D eigenvalue weighted by Crippen LogP contribution is 2.48. The Morgan fingerprint density at radius 1 is 0.750 bits per heavy atom. The molecule has 28 heavy (non-hydrogen) atoms. The Morgan fingerprint density at radius 3 is 1.64 bits per heavy atom. The van der Waals surface area contributed by atoms with Gasteiger partial charge in [-0.2, -0.15) is 0 Å². The van der Waals surface area contributed by atoms with Crippen molar-refractivity contribution >= 4 is 11.8 Å². The molecule has 4 saturated carbocycles. The molecule has 150 valence electrons. The lowest BCUT2D eigenvalue weighted by molar-refractivity contribution is 0.0941. The van der Waals surface area contributed by atoms with Gasteiger partial charge in [-0.3, -0.25) is 9.59 Å². The Kier molecular flexibility index (Phi) is 4.90. The van der Waals surface area contributed by atoms with Gasteiger partial charge < -0.3 is 10.6 Å². The lowest BCUT2D eigenvalue weighted by Crippen LogP contribution is -2.33. The quantitative estimate of drug-likeness (QED) is 0.783. The minimum absolute atomic E-state index is 0.0504. The maximum Gasteiger partial charge on any atom is 0.251 e. The van der Waals surface area contributed by atoms with Gasteiger partial charge in [0.1, 0.15) is 0 Å². The molecule has 0 aliphatic heterocycles. The van der Waals surface area contributed by atoms with Crippen LogP contribution in [0.4, 0.5) is 0 Å². The molecule has 0 radical (unpaired) electrons. The summed E-state index contributed by atoms with van der Waals surface area (Å²) in [6, 6.07) is 7.18. The van der Waals surface area contributed by atoms with Crippen LogP contribution in [0, 0.1) is 35.5 Å². The average Bonchev–Trinajstić information content (AvgIpc) is 3.52. The molecule has 0 spiro atoms. The van der Waals surface area contributed by atoms with Crippen LogP contribution in [0.2, 0.25) is 0 Å². The highest BCUT2D eigenvalue weighted by atomic mass is 16.2. The third-order valence-electron chi connectivity index (χ3n) is 8.21. The van der Waals surface area contributed by atoms with E-state index in [0.717, 1.165) is 36.8 Å². The van der Waals surface area contributed by atoms with Crippen LogP contribution in [0.15, 0.2) is 24.3 Å². The van der Waals surface area contributed by atoms with Crippen molar-refractivity contribution in [1.29, 1.82) is 0 Å². The normalized spacial score (nSPS) is 35.3. The first-order valence-electron chi connectivity index (χ1n) is 11.3. The van der Waals surface area contributed by atoms with Crippen molar-refractivity contribution in [3.05, 3.63) is 35.4 Å². The first kappa shape index (κ1) is 18.2.